The summed E-state index contributed by atoms with van der Waals surface area (Å²) < 4.78 is 39.2. The van der Waals surface area contributed by atoms with E-state index in [9.17, 15) is 8.78 Å². The number of rotatable bonds is 9. The van der Waals surface area contributed by atoms with E-state index in [2.05, 4.69) is 5.43 Å². The molecule has 1 unspecified atom stereocenters. The van der Waals surface area contributed by atoms with E-state index in [1.54, 1.807) is 32.4 Å². The standard InChI is InChI=1S/C13H20F2N2O3/c1-18-9-3-4-12(19-2)10(7-9)11(17-16)5-6-20-8-13(14)15/h3-4,7,11,13,17H,5-6,8,16H2,1-2H3. The number of methoxy groups -OCH3 is 2. The Hall–Kier alpha value is -1.44. The number of nitrogens with two attached hydrogens (primary N) is 1. The van der Waals surface area contributed by atoms with Crippen molar-refractivity contribution in [1.29, 1.82) is 0 Å². The van der Waals surface area contributed by atoms with E-state index in [4.69, 9.17) is 20.1 Å². The Morgan fingerprint density at radius 3 is 2.55 bits per heavy atom. The highest BCUT2D eigenvalue weighted by Gasteiger charge is 2.16. The summed E-state index contributed by atoms with van der Waals surface area (Å²) in [6.07, 6.45) is -2.03. The van der Waals surface area contributed by atoms with Crippen molar-refractivity contribution in [3.63, 3.8) is 0 Å². The molecule has 0 fully saturated rings. The minimum absolute atomic E-state index is 0.166. The molecule has 1 rings (SSSR count). The van der Waals surface area contributed by atoms with Crippen molar-refractivity contribution in [2.75, 3.05) is 27.4 Å². The second-order valence-corrected chi connectivity index (χ2v) is 4.08. The molecule has 0 aliphatic heterocycles. The lowest BCUT2D eigenvalue weighted by molar-refractivity contribution is 0.0143. The second kappa shape index (κ2) is 8.68. The van der Waals surface area contributed by atoms with Crippen LogP contribution in [0.4, 0.5) is 8.78 Å². The van der Waals surface area contributed by atoms with Crippen LogP contribution >= 0.6 is 0 Å². The van der Waals surface area contributed by atoms with Gasteiger partial charge in [-0.25, -0.2) is 8.78 Å². The van der Waals surface area contributed by atoms with E-state index in [1.807, 2.05) is 0 Å². The highest BCUT2D eigenvalue weighted by Crippen LogP contribution is 2.30. The summed E-state index contributed by atoms with van der Waals surface area (Å²) in [6.45, 7) is -0.411. The van der Waals surface area contributed by atoms with Crippen LogP contribution in [0.15, 0.2) is 18.2 Å². The van der Waals surface area contributed by atoms with Crippen molar-refractivity contribution in [2.45, 2.75) is 18.9 Å². The van der Waals surface area contributed by atoms with Crippen LogP contribution in [-0.4, -0.2) is 33.9 Å². The molecule has 0 aliphatic rings. The lowest BCUT2D eigenvalue weighted by atomic mass is 10.0. The summed E-state index contributed by atoms with van der Waals surface area (Å²) in [5, 5.41) is 0. The first-order valence-corrected chi connectivity index (χ1v) is 6.16. The van der Waals surface area contributed by atoms with Gasteiger partial charge in [-0.05, 0) is 24.6 Å². The van der Waals surface area contributed by atoms with E-state index >= 15 is 0 Å². The zero-order chi connectivity index (χ0) is 15.0. The lowest BCUT2D eigenvalue weighted by Crippen LogP contribution is -2.29. The van der Waals surface area contributed by atoms with Crippen LogP contribution < -0.4 is 20.7 Å². The summed E-state index contributed by atoms with van der Waals surface area (Å²) in [7, 11) is 3.11. The van der Waals surface area contributed by atoms with Gasteiger partial charge in [0.25, 0.3) is 6.43 Å². The number of hydrazine groups is 1. The summed E-state index contributed by atoms with van der Waals surface area (Å²) >= 11 is 0. The van der Waals surface area contributed by atoms with Crippen molar-refractivity contribution >= 4 is 0 Å². The normalized spacial score (nSPS) is 12.5. The Kier molecular flexibility index (Phi) is 7.21. The number of ether oxygens (including phenoxy) is 3. The van der Waals surface area contributed by atoms with Crippen LogP contribution in [0.5, 0.6) is 11.5 Å². The second-order valence-electron chi connectivity index (χ2n) is 4.08. The van der Waals surface area contributed by atoms with Gasteiger partial charge in [-0.1, -0.05) is 0 Å². The first kappa shape index (κ1) is 16.6. The minimum Gasteiger partial charge on any atom is -0.497 e. The van der Waals surface area contributed by atoms with Gasteiger partial charge in [0.1, 0.15) is 18.1 Å². The number of alkyl halides is 2. The van der Waals surface area contributed by atoms with E-state index in [0.717, 1.165) is 5.56 Å². The number of hydrogen-bond donors (Lipinski definition) is 2. The number of halogens is 2. The van der Waals surface area contributed by atoms with Gasteiger partial charge in [-0.2, -0.15) is 0 Å². The van der Waals surface area contributed by atoms with Crippen LogP contribution in [0.2, 0.25) is 0 Å². The van der Waals surface area contributed by atoms with Crippen molar-refractivity contribution in [3.8, 4) is 11.5 Å². The first-order valence-electron chi connectivity index (χ1n) is 6.16. The SMILES string of the molecule is COc1ccc(OC)c(C(CCOCC(F)F)NN)c1. The molecule has 0 saturated heterocycles. The van der Waals surface area contributed by atoms with Crippen molar-refractivity contribution in [3.05, 3.63) is 23.8 Å². The molecule has 7 heteroatoms. The van der Waals surface area contributed by atoms with Crippen molar-refractivity contribution in [1.82, 2.24) is 5.43 Å². The molecule has 0 amide bonds. The largest absolute Gasteiger partial charge is 0.497 e. The molecule has 0 heterocycles. The van der Waals surface area contributed by atoms with Crippen LogP contribution in [0.25, 0.3) is 0 Å². The molecule has 0 bridgehead atoms. The smallest absolute Gasteiger partial charge is 0.261 e. The topological polar surface area (TPSA) is 65.7 Å². The van der Waals surface area contributed by atoms with E-state index in [1.165, 1.54) is 0 Å². The molecule has 0 aromatic heterocycles. The Labute approximate surface area is 117 Å². The fourth-order valence-electron chi connectivity index (χ4n) is 1.81. The molecule has 0 saturated carbocycles. The average Bonchev–Trinajstić information content (AvgIpc) is 2.46. The maximum Gasteiger partial charge on any atom is 0.261 e. The number of benzene rings is 1. The van der Waals surface area contributed by atoms with Crippen LogP contribution in [0, 0.1) is 0 Å². The van der Waals surface area contributed by atoms with Gasteiger partial charge in [0, 0.05) is 12.2 Å². The van der Waals surface area contributed by atoms with Crippen molar-refractivity contribution < 1.29 is 23.0 Å². The van der Waals surface area contributed by atoms with Gasteiger partial charge in [0.2, 0.25) is 0 Å². The van der Waals surface area contributed by atoms with Crippen LogP contribution in [-0.2, 0) is 4.74 Å². The molecule has 1 aromatic rings. The molecule has 0 aliphatic carbocycles. The molecule has 1 aromatic carbocycles. The Balaban J connectivity index is 2.72. The summed E-state index contributed by atoms with van der Waals surface area (Å²) in [5.74, 6) is 6.81. The van der Waals surface area contributed by atoms with Gasteiger partial charge in [-0.3, -0.25) is 11.3 Å². The molecule has 114 valence electrons. The zero-order valence-corrected chi connectivity index (χ0v) is 11.6. The highest BCUT2D eigenvalue weighted by molar-refractivity contribution is 5.42. The van der Waals surface area contributed by atoms with E-state index < -0.39 is 13.0 Å². The third-order valence-corrected chi connectivity index (χ3v) is 2.81. The van der Waals surface area contributed by atoms with Crippen molar-refractivity contribution in [2.24, 2.45) is 5.84 Å². The Bertz CT molecular complexity index is 405. The third kappa shape index (κ3) is 4.92. The van der Waals surface area contributed by atoms with E-state index in [-0.39, 0.29) is 12.6 Å². The van der Waals surface area contributed by atoms with Crippen LogP contribution in [0.1, 0.15) is 18.0 Å². The predicted octanol–water partition coefficient (Wildman–Crippen LogP) is 1.88. The molecule has 0 spiro atoms. The zero-order valence-electron chi connectivity index (χ0n) is 11.6. The van der Waals surface area contributed by atoms with Gasteiger partial charge in [-0.15, -0.1) is 0 Å². The molecule has 3 N–H and O–H groups in total. The molecule has 0 radical (unpaired) electrons. The number of hydrogen-bond acceptors (Lipinski definition) is 5. The quantitative estimate of drug-likeness (QED) is 0.413. The summed E-state index contributed by atoms with van der Waals surface area (Å²) in [6, 6.07) is 5.04. The van der Waals surface area contributed by atoms with Gasteiger partial charge < -0.3 is 14.2 Å². The maximum atomic E-state index is 12.0. The fourth-order valence-corrected chi connectivity index (χ4v) is 1.81. The molecular formula is C13H20F2N2O3. The summed E-state index contributed by atoms with van der Waals surface area (Å²) in [4.78, 5) is 0. The van der Waals surface area contributed by atoms with Crippen LogP contribution in [0.3, 0.4) is 0 Å². The monoisotopic (exact) mass is 290 g/mol. The van der Waals surface area contributed by atoms with Gasteiger partial charge >= 0.3 is 0 Å². The predicted molar refractivity (Wildman–Crippen MR) is 71.1 cm³/mol. The van der Waals surface area contributed by atoms with E-state index in [0.29, 0.717) is 17.9 Å². The van der Waals surface area contributed by atoms with Gasteiger partial charge in [0.15, 0.2) is 0 Å². The minimum atomic E-state index is -2.47. The number of nitrogens with one attached hydrogen (secondary N) is 1. The van der Waals surface area contributed by atoms with Gasteiger partial charge in [0.05, 0.1) is 20.3 Å². The molecule has 1 atom stereocenters. The summed E-state index contributed by atoms with van der Waals surface area (Å²) in [5.41, 5.74) is 3.42. The molecule has 20 heavy (non-hydrogen) atoms. The molecular weight excluding hydrogens is 270 g/mol. The Morgan fingerprint density at radius 1 is 1.25 bits per heavy atom. The Morgan fingerprint density at radius 2 is 2.00 bits per heavy atom. The first-order chi connectivity index (χ1) is 9.62. The molecule has 5 nitrogen and oxygen atoms in total. The maximum absolute atomic E-state index is 12.0. The average molecular weight is 290 g/mol. The lowest BCUT2D eigenvalue weighted by Gasteiger charge is -2.19. The highest BCUT2D eigenvalue weighted by atomic mass is 19.3. The third-order valence-electron chi connectivity index (χ3n) is 2.81. The fraction of sp³-hybridized carbons (Fsp3) is 0.538.